The molecule has 1 fully saturated rings. The summed E-state index contributed by atoms with van der Waals surface area (Å²) in [5.41, 5.74) is 2.60. The summed E-state index contributed by atoms with van der Waals surface area (Å²) in [4.78, 5) is 39.5. The summed E-state index contributed by atoms with van der Waals surface area (Å²) in [7, 11) is 0. The first-order chi connectivity index (χ1) is 14.3. The van der Waals surface area contributed by atoms with Gasteiger partial charge in [-0.05, 0) is 35.4 Å². The predicted molar refractivity (Wildman–Crippen MR) is 108 cm³/mol. The molecule has 4 rings (SSSR count). The third kappa shape index (κ3) is 4.00. The average molecular weight is 434 g/mol. The van der Waals surface area contributed by atoms with Crippen molar-refractivity contribution in [2.24, 2.45) is 0 Å². The summed E-state index contributed by atoms with van der Waals surface area (Å²) in [6.07, 6.45) is 0.731. The standard InChI is InChI=1S/C21H18ClF2N3O3/c22-19-17(23)10-15(11-18(19)24)26-3-5-27(6-4-26)21(30)20(29)25-14-2-1-12-8-16(28)9-13(12)7-14/h1-2,7,10-11H,3-6,8-9H2,(H,25,29). The molecule has 0 unspecified atom stereocenters. The van der Waals surface area contributed by atoms with Crippen LogP contribution in [0.1, 0.15) is 11.1 Å². The van der Waals surface area contributed by atoms with Gasteiger partial charge in [0.15, 0.2) is 0 Å². The van der Waals surface area contributed by atoms with Crippen LogP contribution in [0.2, 0.25) is 5.02 Å². The topological polar surface area (TPSA) is 69.7 Å². The van der Waals surface area contributed by atoms with Gasteiger partial charge >= 0.3 is 11.8 Å². The largest absolute Gasteiger partial charge is 0.368 e. The van der Waals surface area contributed by atoms with Crippen molar-refractivity contribution in [1.82, 2.24) is 4.90 Å². The lowest BCUT2D eigenvalue weighted by Crippen LogP contribution is -2.51. The highest BCUT2D eigenvalue weighted by molar-refractivity contribution is 6.39. The number of amides is 2. The van der Waals surface area contributed by atoms with Crippen LogP contribution in [0.3, 0.4) is 0 Å². The fourth-order valence-electron chi connectivity index (χ4n) is 3.75. The molecule has 2 aromatic carbocycles. The Kier molecular flexibility index (Phi) is 5.42. The van der Waals surface area contributed by atoms with Crippen molar-refractivity contribution in [2.45, 2.75) is 12.8 Å². The van der Waals surface area contributed by atoms with Gasteiger partial charge in [-0.3, -0.25) is 14.4 Å². The van der Waals surface area contributed by atoms with Crippen LogP contribution in [0.4, 0.5) is 20.2 Å². The van der Waals surface area contributed by atoms with Gasteiger partial charge in [0, 0.05) is 50.4 Å². The Bertz CT molecular complexity index is 1030. The first-order valence-corrected chi connectivity index (χ1v) is 9.83. The van der Waals surface area contributed by atoms with Crippen LogP contribution in [0.5, 0.6) is 0 Å². The minimum atomic E-state index is -0.847. The number of benzene rings is 2. The number of nitrogens with zero attached hydrogens (tertiary/aromatic N) is 2. The van der Waals surface area contributed by atoms with E-state index in [9.17, 15) is 23.2 Å². The summed E-state index contributed by atoms with van der Waals surface area (Å²) >= 11 is 5.51. The molecule has 0 saturated carbocycles. The Morgan fingerprint density at radius 1 is 0.933 bits per heavy atom. The third-order valence-electron chi connectivity index (χ3n) is 5.33. The average Bonchev–Trinajstić information content (AvgIpc) is 3.10. The zero-order valence-corrected chi connectivity index (χ0v) is 16.6. The van der Waals surface area contributed by atoms with Gasteiger partial charge in [-0.25, -0.2) is 8.78 Å². The molecule has 2 aliphatic rings. The van der Waals surface area contributed by atoms with Crippen molar-refractivity contribution in [2.75, 3.05) is 36.4 Å². The van der Waals surface area contributed by atoms with Crippen LogP contribution in [0.15, 0.2) is 30.3 Å². The molecule has 1 aliphatic carbocycles. The minimum absolute atomic E-state index is 0.128. The number of hydrogen-bond donors (Lipinski definition) is 1. The molecule has 1 aliphatic heterocycles. The molecule has 0 radical (unpaired) electrons. The summed E-state index contributed by atoms with van der Waals surface area (Å²) in [6.45, 7) is 1.11. The quantitative estimate of drug-likeness (QED) is 0.584. The number of nitrogens with one attached hydrogen (secondary N) is 1. The van der Waals surface area contributed by atoms with E-state index in [0.717, 1.165) is 23.3 Å². The highest BCUT2D eigenvalue weighted by atomic mass is 35.5. The van der Waals surface area contributed by atoms with E-state index in [1.165, 1.54) is 4.90 Å². The van der Waals surface area contributed by atoms with Gasteiger partial charge in [0.25, 0.3) is 0 Å². The van der Waals surface area contributed by atoms with Gasteiger partial charge in [-0.1, -0.05) is 17.7 Å². The summed E-state index contributed by atoms with van der Waals surface area (Å²) in [6, 6.07) is 7.46. The maximum Gasteiger partial charge on any atom is 0.313 e. The van der Waals surface area contributed by atoms with Crippen molar-refractivity contribution in [3.8, 4) is 0 Å². The fraction of sp³-hybridized carbons (Fsp3) is 0.286. The first kappa shape index (κ1) is 20.3. The Hall–Kier alpha value is -3.00. The second-order valence-electron chi connectivity index (χ2n) is 7.33. The number of anilines is 2. The number of Topliss-reactive ketones (excluding diaryl/α,β-unsaturated/α-hetero) is 1. The molecular formula is C21H18ClF2N3O3. The first-order valence-electron chi connectivity index (χ1n) is 9.45. The van der Waals surface area contributed by atoms with Gasteiger partial charge < -0.3 is 15.1 Å². The SMILES string of the molecule is O=C1Cc2ccc(NC(=O)C(=O)N3CCN(c4cc(F)c(Cl)c(F)c4)CC3)cc2C1. The normalized spacial score (nSPS) is 15.9. The molecule has 0 atom stereocenters. The van der Waals surface area contributed by atoms with E-state index < -0.39 is 28.5 Å². The van der Waals surface area contributed by atoms with Crippen molar-refractivity contribution in [3.05, 3.63) is 58.1 Å². The number of rotatable bonds is 2. The van der Waals surface area contributed by atoms with E-state index in [-0.39, 0.29) is 18.9 Å². The highest BCUT2D eigenvalue weighted by Crippen LogP contribution is 2.26. The number of fused-ring (bicyclic) bond motifs is 1. The zero-order chi connectivity index (χ0) is 21.4. The molecule has 1 heterocycles. The second-order valence-corrected chi connectivity index (χ2v) is 7.71. The van der Waals surface area contributed by atoms with Gasteiger partial charge in [0.2, 0.25) is 0 Å². The zero-order valence-electron chi connectivity index (χ0n) is 15.9. The van der Waals surface area contributed by atoms with Crippen LogP contribution in [-0.2, 0) is 27.2 Å². The molecule has 6 nitrogen and oxygen atoms in total. The van der Waals surface area contributed by atoms with Crippen molar-refractivity contribution in [1.29, 1.82) is 0 Å². The molecular weight excluding hydrogens is 416 g/mol. The second kappa shape index (κ2) is 8.02. The Balaban J connectivity index is 1.36. The van der Waals surface area contributed by atoms with Crippen LogP contribution in [0.25, 0.3) is 0 Å². The molecule has 30 heavy (non-hydrogen) atoms. The maximum absolute atomic E-state index is 13.7. The lowest BCUT2D eigenvalue weighted by Gasteiger charge is -2.35. The van der Waals surface area contributed by atoms with Gasteiger partial charge in [-0.15, -0.1) is 0 Å². The predicted octanol–water partition coefficient (Wildman–Crippen LogP) is 2.57. The Morgan fingerprint density at radius 3 is 2.23 bits per heavy atom. The van der Waals surface area contributed by atoms with E-state index in [4.69, 9.17) is 11.6 Å². The molecule has 2 aromatic rings. The van der Waals surface area contributed by atoms with Gasteiger partial charge in [0.05, 0.1) is 0 Å². The molecule has 156 valence electrons. The highest BCUT2D eigenvalue weighted by Gasteiger charge is 2.27. The molecule has 1 N–H and O–H groups in total. The van der Waals surface area contributed by atoms with Crippen LogP contribution >= 0.6 is 11.6 Å². The summed E-state index contributed by atoms with van der Waals surface area (Å²) in [5, 5.41) is 2.02. The van der Waals surface area contributed by atoms with E-state index in [2.05, 4.69) is 5.32 Å². The number of ketones is 1. The van der Waals surface area contributed by atoms with E-state index in [1.807, 2.05) is 0 Å². The Morgan fingerprint density at radius 2 is 1.57 bits per heavy atom. The van der Waals surface area contributed by atoms with Gasteiger partial charge in [-0.2, -0.15) is 0 Å². The van der Waals surface area contributed by atoms with Crippen LogP contribution < -0.4 is 10.2 Å². The summed E-state index contributed by atoms with van der Waals surface area (Å²) < 4.78 is 27.4. The molecule has 2 amide bonds. The van der Waals surface area contributed by atoms with E-state index >= 15 is 0 Å². The number of halogens is 3. The number of piperazine rings is 1. The maximum atomic E-state index is 13.7. The van der Waals surface area contributed by atoms with Crippen LogP contribution in [-0.4, -0.2) is 48.7 Å². The van der Waals surface area contributed by atoms with Crippen molar-refractivity contribution >= 4 is 40.6 Å². The molecule has 9 heteroatoms. The monoisotopic (exact) mass is 433 g/mol. The van der Waals surface area contributed by atoms with Crippen molar-refractivity contribution < 1.29 is 23.2 Å². The summed E-state index contributed by atoms with van der Waals surface area (Å²) in [5.74, 6) is -3.01. The lowest BCUT2D eigenvalue weighted by molar-refractivity contribution is -0.143. The van der Waals surface area contributed by atoms with E-state index in [0.29, 0.717) is 37.3 Å². The minimum Gasteiger partial charge on any atom is -0.368 e. The fourth-order valence-corrected chi connectivity index (χ4v) is 3.86. The van der Waals surface area contributed by atoms with Crippen LogP contribution in [0, 0.1) is 11.6 Å². The number of hydrogen-bond acceptors (Lipinski definition) is 4. The Labute approximate surface area is 176 Å². The molecule has 0 bridgehead atoms. The molecule has 0 aromatic heterocycles. The molecule has 0 spiro atoms. The lowest BCUT2D eigenvalue weighted by atomic mass is 10.1. The van der Waals surface area contributed by atoms with E-state index in [1.54, 1.807) is 23.1 Å². The smallest absolute Gasteiger partial charge is 0.313 e. The number of carbonyl (C=O) groups excluding carboxylic acids is 3. The number of carbonyl (C=O) groups is 3. The van der Waals surface area contributed by atoms with Gasteiger partial charge in [0.1, 0.15) is 22.4 Å². The third-order valence-corrected chi connectivity index (χ3v) is 5.70. The van der Waals surface area contributed by atoms with Crippen molar-refractivity contribution in [3.63, 3.8) is 0 Å². The molecule has 1 saturated heterocycles.